The zero-order valence-corrected chi connectivity index (χ0v) is 27.5. The van der Waals surface area contributed by atoms with Crippen LogP contribution in [0.3, 0.4) is 0 Å². The average Bonchev–Trinajstić information content (AvgIpc) is 3.05. The molecule has 10 heteroatoms. The molecular formula is C36H46Cl2N2O6. The number of halogens is 2. The van der Waals surface area contributed by atoms with Gasteiger partial charge in [0.05, 0.1) is 11.1 Å². The van der Waals surface area contributed by atoms with Gasteiger partial charge in [-0.05, 0) is 99.4 Å². The monoisotopic (exact) mass is 672 g/mol. The molecule has 0 aliphatic rings. The van der Waals surface area contributed by atoms with Gasteiger partial charge in [-0.15, -0.1) is 24.8 Å². The topological polar surface area (TPSA) is 139 Å². The number of carboxylic acid groups (broad SMARTS) is 2. The van der Waals surface area contributed by atoms with Crippen LogP contribution in [0.4, 0.5) is 0 Å². The third-order valence-electron chi connectivity index (χ3n) is 6.56. The summed E-state index contributed by atoms with van der Waals surface area (Å²) in [5.41, 5.74) is 3.10. The van der Waals surface area contributed by atoms with Crippen molar-refractivity contribution in [1.82, 2.24) is 10.6 Å². The molecule has 4 aromatic rings. The number of aromatic hydroxyl groups is 2. The Morgan fingerprint density at radius 1 is 0.478 bits per heavy atom. The molecule has 0 fully saturated rings. The van der Waals surface area contributed by atoms with Gasteiger partial charge in [-0.1, -0.05) is 85.6 Å². The zero-order chi connectivity index (χ0) is 31.8. The fourth-order valence-electron chi connectivity index (χ4n) is 4.10. The maximum absolute atomic E-state index is 10.2. The number of phenols is 2. The number of aromatic carboxylic acids is 2. The van der Waals surface area contributed by atoms with Crippen molar-refractivity contribution in [1.29, 1.82) is 0 Å². The Bertz CT molecular complexity index is 1300. The van der Waals surface area contributed by atoms with Crippen molar-refractivity contribution < 1.29 is 30.0 Å². The SMILES string of the molecule is Cl.Cl.O=C(O)c1ccccc1.O=C(O)c1ccccc1.Oc1ccc(CCNCCCCCCNCCc2ccccc2)cc1O. The second-order valence-electron chi connectivity index (χ2n) is 10.1. The summed E-state index contributed by atoms with van der Waals surface area (Å²) >= 11 is 0. The first kappa shape index (κ1) is 41.9. The number of carbonyl (C=O) groups is 2. The van der Waals surface area contributed by atoms with Crippen molar-refractivity contribution in [2.24, 2.45) is 0 Å². The van der Waals surface area contributed by atoms with E-state index in [1.807, 2.05) is 6.07 Å². The summed E-state index contributed by atoms with van der Waals surface area (Å²) in [4.78, 5) is 20.4. The van der Waals surface area contributed by atoms with Crippen LogP contribution in [-0.4, -0.2) is 58.5 Å². The molecule has 0 saturated heterocycles. The van der Waals surface area contributed by atoms with Crippen molar-refractivity contribution >= 4 is 36.8 Å². The third-order valence-corrected chi connectivity index (χ3v) is 6.56. The lowest BCUT2D eigenvalue weighted by Gasteiger charge is -2.07. The van der Waals surface area contributed by atoms with Crippen molar-refractivity contribution in [3.63, 3.8) is 0 Å². The molecule has 0 aromatic heterocycles. The summed E-state index contributed by atoms with van der Waals surface area (Å²) < 4.78 is 0. The zero-order valence-electron chi connectivity index (χ0n) is 25.9. The van der Waals surface area contributed by atoms with Crippen molar-refractivity contribution in [3.05, 3.63) is 131 Å². The van der Waals surface area contributed by atoms with E-state index in [4.69, 9.17) is 10.2 Å². The predicted octanol–water partition coefficient (Wildman–Crippen LogP) is 7.24. The number of carboxylic acids is 2. The second kappa shape index (κ2) is 26.2. The predicted molar refractivity (Wildman–Crippen MR) is 189 cm³/mol. The van der Waals surface area contributed by atoms with Gasteiger partial charge in [0.25, 0.3) is 0 Å². The molecule has 0 amide bonds. The molecule has 250 valence electrons. The van der Waals surface area contributed by atoms with E-state index in [0.29, 0.717) is 11.1 Å². The number of hydrogen-bond acceptors (Lipinski definition) is 6. The molecular weight excluding hydrogens is 627 g/mol. The summed E-state index contributed by atoms with van der Waals surface area (Å²) in [6.45, 7) is 4.08. The molecule has 0 aliphatic heterocycles. The summed E-state index contributed by atoms with van der Waals surface area (Å²) in [6.07, 6.45) is 6.92. The van der Waals surface area contributed by atoms with Crippen molar-refractivity contribution in [3.8, 4) is 11.5 Å². The minimum atomic E-state index is -0.879. The van der Waals surface area contributed by atoms with Crippen LogP contribution in [0.2, 0.25) is 0 Å². The number of rotatable bonds is 15. The first-order chi connectivity index (χ1) is 21.4. The van der Waals surface area contributed by atoms with Gasteiger partial charge in [0.2, 0.25) is 0 Å². The molecule has 0 heterocycles. The summed E-state index contributed by atoms with van der Waals surface area (Å²) in [6, 6.07) is 32.2. The molecule has 0 spiro atoms. The maximum atomic E-state index is 10.2. The van der Waals surface area contributed by atoms with Gasteiger partial charge in [0, 0.05) is 0 Å². The van der Waals surface area contributed by atoms with Crippen LogP contribution >= 0.6 is 24.8 Å². The molecule has 4 aromatic carbocycles. The van der Waals surface area contributed by atoms with Crippen LogP contribution in [0.5, 0.6) is 11.5 Å². The Balaban J connectivity index is 0.000000826. The van der Waals surface area contributed by atoms with Crippen LogP contribution in [0.1, 0.15) is 57.5 Å². The first-order valence-corrected chi connectivity index (χ1v) is 14.9. The number of nitrogens with one attached hydrogen (secondary N) is 2. The van der Waals surface area contributed by atoms with Gasteiger partial charge in [0.1, 0.15) is 0 Å². The average molecular weight is 674 g/mol. The van der Waals surface area contributed by atoms with Crippen LogP contribution in [0.25, 0.3) is 0 Å². The molecule has 46 heavy (non-hydrogen) atoms. The summed E-state index contributed by atoms with van der Waals surface area (Å²) in [5, 5.41) is 42.5. The number of phenolic OH excluding ortho intramolecular Hbond substituents is 2. The quantitative estimate of drug-likeness (QED) is 0.0574. The van der Waals surface area contributed by atoms with E-state index >= 15 is 0 Å². The molecule has 0 bridgehead atoms. The molecule has 8 nitrogen and oxygen atoms in total. The largest absolute Gasteiger partial charge is 0.504 e. The fraction of sp³-hybridized carbons (Fsp3) is 0.278. The Hall–Kier alpha value is -4.08. The van der Waals surface area contributed by atoms with Gasteiger partial charge in [-0.2, -0.15) is 0 Å². The minimum absolute atomic E-state index is 0. The minimum Gasteiger partial charge on any atom is -0.504 e. The molecule has 0 aliphatic carbocycles. The number of unbranched alkanes of at least 4 members (excludes halogenated alkanes) is 3. The fourth-order valence-corrected chi connectivity index (χ4v) is 4.10. The molecule has 0 unspecified atom stereocenters. The highest BCUT2D eigenvalue weighted by molar-refractivity contribution is 5.87. The van der Waals surface area contributed by atoms with Crippen molar-refractivity contribution in [2.45, 2.75) is 38.5 Å². The Kier molecular flexibility index (Phi) is 23.8. The van der Waals surface area contributed by atoms with Gasteiger partial charge < -0.3 is 31.1 Å². The van der Waals surface area contributed by atoms with Gasteiger partial charge >= 0.3 is 11.9 Å². The highest BCUT2D eigenvalue weighted by Crippen LogP contribution is 2.24. The smallest absolute Gasteiger partial charge is 0.335 e. The van der Waals surface area contributed by atoms with Crippen molar-refractivity contribution in [2.75, 3.05) is 26.2 Å². The maximum Gasteiger partial charge on any atom is 0.335 e. The Morgan fingerprint density at radius 2 is 0.891 bits per heavy atom. The van der Waals surface area contributed by atoms with Crippen LogP contribution in [0.15, 0.2) is 109 Å². The number of benzene rings is 4. The highest BCUT2D eigenvalue weighted by Gasteiger charge is 2.01. The number of hydrogen-bond donors (Lipinski definition) is 6. The summed E-state index contributed by atoms with van der Waals surface area (Å²) in [7, 11) is 0. The van der Waals surface area contributed by atoms with Gasteiger partial charge in [-0.25, -0.2) is 9.59 Å². The molecule has 0 atom stereocenters. The lowest BCUT2D eigenvalue weighted by molar-refractivity contribution is 0.0686. The molecule has 4 rings (SSSR count). The van der Waals surface area contributed by atoms with Crippen LogP contribution in [-0.2, 0) is 12.8 Å². The molecule has 0 saturated carbocycles. The normalized spacial score (nSPS) is 9.65. The van der Waals surface area contributed by atoms with Crippen LogP contribution < -0.4 is 10.6 Å². The summed E-state index contributed by atoms with van der Waals surface area (Å²) in [5.74, 6) is -1.86. The van der Waals surface area contributed by atoms with Gasteiger partial charge in [0.15, 0.2) is 11.5 Å². The van der Waals surface area contributed by atoms with E-state index in [-0.39, 0.29) is 36.3 Å². The third kappa shape index (κ3) is 19.3. The lowest BCUT2D eigenvalue weighted by atomic mass is 10.1. The Morgan fingerprint density at radius 3 is 1.28 bits per heavy atom. The van der Waals surface area contributed by atoms with Gasteiger partial charge in [-0.3, -0.25) is 0 Å². The van der Waals surface area contributed by atoms with E-state index in [0.717, 1.165) is 44.6 Å². The van der Waals surface area contributed by atoms with E-state index < -0.39 is 11.9 Å². The van der Waals surface area contributed by atoms with Crippen LogP contribution in [0, 0.1) is 0 Å². The standard InChI is InChI=1S/C22H32N2O2.2C7H6O2.2ClH/c25-21-11-10-20(18-22(21)26)13-17-24-15-7-2-1-6-14-23-16-12-19-8-4-3-5-9-19;2*8-7(9)6-4-2-1-3-5-6;;/h3-5,8-11,18,23-26H,1-2,6-7,12-17H2;2*1-5H,(H,8,9);2*1H. The molecule has 0 radical (unpaired) electrons. The molecule has 6 N–H and O–H groups in total. The van der Waals surface area contributed by atoms with E-state index in [1.54, 1.807) is 72.8 Å². The Labute approximate surface area is 284 Å². The van der Waals surface area contributed by atoms with E-state index in [9.17, 15) is 19.8 Å². The first-order valence-electron chi connectivity index (χ1n) is 14.9. The lowest BCUT2D eigenvalue weighted by Crippen LogP contribution is -2.19. The van der Waals surface area contributed by atoms with E-state index in [1.165, 1.54) is 31.2 Å². The van der Waals surface area contributed by atoms with E-state index in [2.05, 4.69) is 41.0 Å². The second-order valence-corrected chi connectivity index (χ2v) is 10.1. The highest BCUT2D eigenvalue weighted by atomic mass is 35.5.